The molecule has 0 radical (unpaired) electrons. The molecular weight excluding hydrogens is 206 g/mol. The van der Waals surface area contributed by atoms with Crippen LogP contribution >= 0.6 is 0 Å². The molecule has 16 heavy (non-hydrogen) atoms. The molecule has 0 aromatic heterocycles. The van der Waals surface area contributed by atoms with Gasteiger partial charge in [0.25, 0.3) is 0 Å². The Balaban J connectivity index is 2.93. The number of rotatable bonds is 12. The lowest BCUT2D eigenvalue weighted by Gasteiger charge is -2.09. The molecule has 0 fully saturated rings. The normalized spacial score (nSPS) is 12.9. The van der Waals surface area contributed by atoms with E-state index in [0.29, 0.717) is 32.5 Å². The average Bonchev–Trinajstić information content (AvgIpc) is 2.31. The minimum atomic E-state index is 0.609. The van der Waals surface area contributed by atoms with Crippen LogP contribution in [-0.4, -0.2) is 53.2 Å². The summed E-state index contributed by atoms with van der Waals surface area (Å²) in [5.74, 6) is 0. The highest BCUT2D eigenvalue weighted by molar-refractivity contribution is 4.56. The molecule has 0 aromatic carbocycles. The van der Waals surface area contributed by atoms with E-state index in [1.165, 1.54) is 12.8 Å². The number of methoxy groups -OCH3 is 1. The zero-order chi connectivity index (χ0) is 12.1. The van der Waals surface area contributed by atoms with Crippen molar-refractivity contribution in [2.75, 3.05) is 47.2 Å². The minimum absolute atomic E-state index is 0.609. The van der Waals surface area contributed by atoms with Crippen molar-refractivity contribution < 1.29 is 14.2 Å². The van der Waals surface area contributed by atoms with Crippen molar-refractivity contribution in [1.82, 2.24) is 5.32 Å². The Morgan fingerprint density at radius 2 is 1.56 bits per heavy atom. The minimum Gasteiger partial charge on any atom is -0.382 e. The molecule has 0 rings (SSSR count). The molecular formula is C12H27NO3. The largest absolute Gasteiger partial charge is 0.382 e. The molecule has 0 aliphatic heterocycles. The fraction of sp³-hybridized carbons (Fsp3) is 1.00. The zero-order valence-electron chi connectivity index (χ0n) is 11.0. The Kier molecular flexibility index (Phi) is 12.8. The molecule has 0 aliphatic rings. The molecule has 1 unspecified atom stereocenters. The number of unbranched alkanes of at least 4 members (excludes halogenated alkanes) is 1. The lowest BCUT2D eigenvalue weighted by molar-refractivity contribution is 0.0239. The predicted octanol–water partition coefficient (Wildman–Crippen LogP) is 1.44. The lowest BCUT2D eigenvalue weighted by Crippen LogP contribution is -2.20. The molecule has 4 nitrogen and oxygen atoms in total. The topological polar surface area (TPSA) is 39.7 Å². The monoisotopic (exact) mass is 233 g/mol. The van der Waals surface area contributed by atoms with Gasteiger partial charge in [0.1, 0.15) is 0 Å². The first kappa shape index (κ1) is 15.8. The Bertz CT molecular complexity index is 133. The number of hydrogen-bond acceptors (Lipinski definition) is 4. The maximum atomic E-state index is 5.44. The third-order valence-corrected chi connectivity index (χ3v) is 2.47. The average molecular weight is 233 g/mol. The summed E-state index contributed by atoms with van der Waals surface area (Å²) >= 11 is 0. The van der Waals surface area contributed by atoms with Crippen molar-refractivity contribution in [1.29, 1.82) is 0 Å². The van der Waals surface area contributed by atoms with Gasteiger partial charge in [-0.1, -0.05) is 0 Å². The molecule has 0 aliphatic carbocycles. The van der Waals surface area contributed by atoms with Gasteiger partial charge >= 0.3 is 0 Å². The summed E-state index contributed by atoms with van der Waals surface area (Å²) in [6.07, 6.45) is 3.56. The molecule has 0 spiro atoms. The van der Waals surface area contributed by atoms with E-state index in [1.807, 2.05) is 7.05 Å². The SMILES string of the molecule is CNC(C)CCCCOCCOCCOC. The Morgan fingerprint density at radius 3 is 2.19 bits per heavy atom. The van der Waals surface area contributed by atoms with Gasteiger partial charge in [0.05, 0.1) is 26.4 Å². The second-order valence-corrected chi connectivity index (χ2v) is 3.90. The van der Waals surface area contributed by atoms with E-state index in [1.54, 1.807) is 7.11 Å². The van der Waals surface area contributed by atoms with Crippen LogP contribution in [0.3, 0.4) is 0 Å². The standard InChI is InChI=1S/C12H27NO3/c1-12(13-2)6-4-5-7-15-10-11-16-9-8-14-3/h12-13H,4-11H2,1-3H3. The summed E-state index contributed by atoms with van der Waals surface area (Å²) in [6.45, 7) is 5.69. The molecule has 0 saturated carbocycles. The highest BCUT2D eigenvalue weighted by Crippen LogP contribution is 1.99. The smallest absolute Gasteiger partial charge is 0.0701 e. The van der Waals surface area contributed by atoms with Crippen molar-refractivity contribution in [3.05, 3.63) is 0 Å². The van der Waals surface area contributed by atoms with Crippen LogP contribution in [0.4, 0.5) is 0 Å². The van der Waals surface area contributed by atoms with E-state index < -0.39 is 0 Å². The summed E-state index contributed by atoms with van der Waals surface area (Å²) in [5, 5.41) is 3.22. The zero-order valence-corrected chi connectivity index (χ0v) is 11.0. The van der Waals surface area contributed by atoms with Gasteiger partial charge in [0.15, 0.2) is 0 Å². The quantitative estimate of drug-likeness (QED) is 0.518. The van der Waals surface area contributed by atoms with Gasteiger partial charge in [-0.05, 0) is 33.2 Å². The van der Waals surface area contributed by atoms with Crippen LogP contribution in [0.25, 0.3) is 0 Å². The highest BCUT2D eigenvalue weighted by Gasteiger charge is 1.97. The molecule has 0 heterocycles. The Hall–Kier alpha value is -0.160. The van der Waals surface area contributed by atoms with Gasteiger partial charge in [0, 0.05) is 19.8 Å². The molecule has 0 aromatic rings. The van der Waals surface area contributed by atoms with E-state index in [4.69, 9.17) is 14.2 Å². The number of hydrogen-bond donors (Lipinski definition) is 1. The molecule has 1 atom stereocenters. The first-order valence-electron chi connectivity index (χ1n) is 6.13. The van der Waals surface area contributed by atoms with E-state index in [9.17, 15) is 0 Å². The summed E-state index contributed by atoms with van der Waals surface area (Å²) in [7, 11) is 3.67. The maximum Gasteiger partial charge on any atom is 0.0701 e. The van der Waals surface area contributed by atoms with Crippen LogP contribution in [0, 0.1) is 0 Å². The van der Waals surface area contributed by atoms with Gasteiger partial charge in [-0.25, -0.2) is 0 Å². The molecule has 0 saturated heterocycles. The summed E-state index contributed by atoms with van der Waals surface area (Å²) in [5.41, 5.74) is 0. The highest BCUT2D eigenvalue weighted by atomic mass is 16.5. The van der Waals surface area contributed by atoms with E-state index in [-0.39, 0.29) is 0 Å². The van der Waals surface area contributed by atoms with Gasteiger partial charge in [0.2, 0.25) is 0 Å². The van der Waals surface area contributed by atoms with Crippen molar-refractivity contribution in [3.8, 4) is 0 Å². The second-order valence-electron chi connectivity index (χ2n) is 3.90. The lowest BCUT2D eigenvalue weighted by atomic mass is 10.1. The predicted molar refractivity (Wildman–Crippen MR) is 65.9 cm³/mol. The molecule has 0 amide bonds. The van der Waals surface area contributed by atoms with Gasteiger partial charge < -0.3 is 19.5 Å². The molecule has 98 valence electrons. The fourth-order valence-electron chi connectivity index (χ4n) is 1.26. The van der Waals surface area contributed by atoms with Crippen molar-refractivity contribution in [3.63, 3.8) is 0 Å². The van der Waals surface area contributed by atoms with Crippen molar-refractivity contribution in [2.45, 2.75) is 32.2 Å². The number of ether oxygens (including phenoxy) is 3. The second kappa shape index (κ2) is 12.9. The summed E-state index contributed by atoms with van der Waals surface area (Å²) in [4.78, 5) is 0. The van der Waals surface area contributed by atoms with Crippen LogP contribution in [0.15, 0.2) is 0 Å². The summed E-state index contributed by atoms with van der Waals surface area (Å²) < 4.78 is 15.6. The first-order chi connectivity index (χ1) is 7.81. The van der Waals surface area contributed by atoms with Crippen LogP contribution in [0.5, 0.6) is 0 Å². The van der Waals surface area contributed by atoms with Crippen LogP contribution in [-0.2, 0) is 14.2 Å². The van der Waals surface area contributed by atoms with E-state index >= 15 is 0 Å². The van der Waals surface area contributed by atoms with Gasteiger partial charge in [-0.2, -0.15) is 0 Å². The Morgan fingerprint density at radius 1 is 0.938 bits per heavy atom. The summed E-state index contributed by atoms with van der Waals surface area (Å²) in [6, 6.07) is 0.609. The molecule has 4 heteroatoms. The molecule has 0 bridgehead atoms. The van der Waals surface area contributed by atoms with Crippen LogP contribution in [0.2, 0.25) is 0 Å². The first-order valence-corrected chi connectivity index (χ1v) is 6.13. The van der Waals surface area contributed by atoms with E-state index in [2.05, 4.69) is 12.2 Å². The Labute approximate surface area is 99.6 Å². The van der Waals surface area contributed by atoms with Crippen molar-refractivity contribution in [2.24, 2.45) is 0 Å². The molecule has 1 N–H and O–H groups in total. The van der Waals surface area contributed by atoms with Crippen molar-refractivity contribution >= 4 is 0 Å². The van der Waals surface area contributed by atoms with Crippen LogP contribution < -0.4 is 5.32 Å². The maximum absolute atomic E-state index is 5.44. The van der Waals surface area contributed by atoms with E-state index in [0.717, 1.165) is 13.0 Å². The number of nitrogens with one attached hydrogen (secondary N) is 1. The fourth-order valence-corrected chi connectivity index (χ4v) is 1.26. The van der Waals surface area contributed by atoms with Gasteiger partial charge in [-0.3, -0.25) is 0 Å². The van der Waals surface area contributed by atoms with Gasteiger partial charge in [-0.15, -0.1) is 0 Å². The third kappa shape index (κ3) is 11.9. The third-order valence-electron chi connectivity index (χ3n) is 2.47. The van der Waals surface area contributed by atoms with Crippen LogP contribution in [0.1, 0.15) is 26.2 Å².